The fourth-order valence-electron chi connectivity index (χ4n) is 4.47. The van der Waals surface area contributed by atoms with Crippen LogP contribution < -0.4 is 15.7 Å². The number of aliphatic hydroxyl groups excluding tert-OH is 1. The first-order valence-electron chi connectivity index (χ1n) is 12.1. The lowest BCUT2D eigenvalue weighted by Crippen LogP contribution is -2.41. The van der Waals surface area contributed by atoms with Gasteiger partial charge in [0.1, 0.15) is 11.9 Å². The molecule has 0 spiro atoms. The van der Waals surface area contributed by atoms with Crippen molar-refractivity contribution in [1.29, 1.82) is 0 Å². The standard InChI is InChI=1S/C24H33FN5O7P/c1-12(2)36-23(33)13(3)29-38(6,34)35-9-19-24(5,10-31)20(25)22(37-19)30-11-26-17-7-15-16(8-18(17)30)27-14(4)28-21(15)32/h7-8,11-13,19-20,22,27,31H,4,9-10H2,1-3,5-6H3,(H,28,32)(H,29,34)/t13-,19+,20?,22+,24-,38?/m0/s1. The van der Waals surface area contributed by atoms with Gasteiger partial charge >= 0.3 is 5.97 Å². The number of nitrogens with one attached hydrogen (secondary N) is 3. The Kier molecular flexibility index (Phi) is 7.70. The van der Waals surface area contributed by atoms with Crippen LogP contribution in [0.15, 0.2) is 30.9 Å². The minimum Gasteiger partial charge on any atom is -0.462 e. The van der Waals surface area contributed by atoms with E-state index in [0.29, 0.717) is 28.1 Å². The van der Waals surface area contributed by atoms with Crippen LogP contribution in [0.1, 0.15) is 44.3 Å². The lowest BCUT2D eigenvalue weighted by Gasteiger charge is -2.30. The summed E-state index contributed by atoms with van der Waals surface area (Å²) < 4.78 is 47.1. The quantitative estimate of drug-likeness (QED) is 0.269. The molecule has 6 atom stereocenters. The summed E-state index contributed by atoms with van der Waals surface area (Å²) in [6.07, 6.45) is -2.80. The first kappa shape index (κ1) is 28.2. The second-order valence-electron chi connectivity index (χ2n) is 10.2. The molecule has 1 aromatic heterocycles. The molecule has 3 heterocycles. The van der Waals surface area contributed by atoms with Gasteiger partial charge in [0.2, 0.25) is 0 Å². The Balaban J connectivity index is 1.53. The first-order valence-corrected chi connectivity index (χ1v) is 14.2. The number of hydrogen-bond donors (Lipinski definition) is 4. The van der Waals surface area contributed by atoms with Crippen molar-refractivity contribution in [1.82, 2.24) is 20.0 Å². The Labute approximate surface area is 219 Å². The molecule has 2 aliphatic rings. The Morgan fingerprint density at radius 1 is 1.39 bits per heavy atom. The number of aromatic nitrogens is 2. The van der Waals surface area contributed by atoms with Crippen molar-refractivity contribution < 1.29 is 37.6 Å². The van der Waals surface area contributed by atoms with Crippen molar-refractivity contribution in [2.75, 3.05) is 25.2 Å². The van der Waals surface area contributed by atoms with Crippen LogP contribution in [-0.4, -0.2) is 70.8 Å². The number of fused-ring (bicyclic) bond motifs is 2. The van der Waals surface area contributed by atoms with Crippen LogP contribution in [0.25, 0.3) is 11.0 Å². The van der Waals surface area contributed by atoms with Gasteiger partial charge in [-0.15, -0.1) is 0 Å². The van der Waals surface area contributed by atoms with E-state index in [-0.39, 0.29) is 18.6 Å². The first-order chi connectivity index (χ1) is 17.8. The highest BCUT2D eigenvalue weighted by Gasteiger charge is 2.55. The molecular formula is C24H33FN5O7P. The average Bonchev–Trinajstić information content (AvgIpc) is 3.34. The van der Waals surface area contributed by atoms with Gasteiger partial charge in [-0.05, 0) is 32.9 Å². The third kappa shape index (κ3) is 5.34. The van der Waals surface area contributed by atoms with Crippen LogP contribution in [0.3, 0.4) is 0 Å². The molecule has 208 valence electrons. The van der Waals surface area contributed by atoms with E-state index in [1.807, 2.05) is 0 Å². The molecule has 0 saturated carbocycles. The maximum atomic E-state index is 15.9. The van der Waals surface area contributed by atoms with Gasteiger partial charge in [0.15, 0.2) is 12.4 Å². The Hall–Kier alpha value is -2.83. The summed E-state index contributed by atoms with van der Waals surface area (Å²) in [5, 5.41) is 18.3. The monoisotopic (exact) mass is 553 g/mol. The predicted octanol–water partition coefficient (Wildman–Crippen LogP) is 2.67. The Bertz CT molecular complexity index is 1320. The van der Waals surface area contributed by atoms with Crippen LogP contribution in [0.2, 0.25) is 0 Å². The number of ether oxygens (including phenoxy) is 2. The molecule has 4 rings (SSSR count). The van der Waals surface area contributed by atoms with E-state index in [1.54, 1.807) is 26.0 Å². The molecule has 0 aliphatic carbocycles. The van der Waals surface area contributed by atoms with E-state index in [0.717, 1.165) is 0 Å². The number of benzene rings is 1. The molecule has 0 bridgehead atoms. The third-order valence-electron chi connectivity index (χ3n) is 6.65. The molecule has 1 fully saturated rings. The lowest BCUT2D eigenvalue weighted by molar-refractivity contribution is -0.149. The van der Waals surface area contributed by atoms with Gasteiger partial charge < -0.3 is 34.3 Å². The number of rotatable bonds is 9. The van der Waals surface area contributed by atoms with Gasteiger partial charge in [-0.2, -0.15) is 0 Å². The zero-order valence-corrected chi connectivity index (χ0v) is 22.8. The zero-order chi connectivity index (χ0) is 28.0. The highest BCUT2D eigenvalue weighted by Crippen LogP contribution is 2.48. The lowest BCUT2D eigenvalue weighted by atomic mass is 9.82. The second-order valence-corrected chi connectivity index (χ2v) is 12.4. The third-order valence-corrected chi connectivity index (χ3v) is 8.15. The summed E-state index contributed by atoms with van der Waals surface area (Å²) in [6, 6.07) is 2.33. The van der Waals surface area contributed by atoms with Gasteiger partial charge in [-0.3, -0.25) is 14.2 Å². The molecule has 2 aromatic rings. The topological polar surface area (TPSA) is 153 Å². The zero-order valence-electron chi connectivity index (χ0n) is 21.9. The predicted molar refractivity (Wildman–Crippen MR) is 137 cm³/mol. The minimum atomic E-state index is -3.54. The van der Waals surface area contributed by atoms with E-state index in [1.165, 1.54) is 31.4 Å². The normalized spacial score (nSPS) is 27.5. The molecular weight excluding hydrogens is 520 g/mol. The smallest absolute Gasteiger partial charge is 0.323 e. The SMILES string of the molecule is C=C1NC(=O)c2cc3ncn([C@@H]4O[C@H](COP(C)(=O)N[C@@H](C)C(=O)OC(C)C)[C@](C)(CO)C4F)c3cc2N1. The van der Waals surface area contributed by atoms with Crippen LogP contribution in [0.5, 0.6) is 0 Å². The number of anilines is 1. The molecule has 1 aromatic carbocycles. The molecule has 12 nitrogen and oxygen atoms in total. The number of halogens is 1. The van der Waals surface area contributed by atoms with Gasteiger partial charge in [0, 0.05) is 6.66 Å². The number of carbonyl (C=O) groups excluding carboxylic acids is 2. The molecule has 1 saturated heterocycles. The largest absolute Gasteiger partial charge is 0.462 e. The van der Waals surface area contributed by atoms with Crippen molar-refractivity contribution >= 4 is 36.1 Å². The van der Waals surface area contributed by atoms with Gasteiger partial charge in [-0.25, -0.2) is 14.5 Å². The van der Waals surface area contributed by atoms with E-state index in [4.69, 9.17) is 14.0 Å². The molecule has 14 heteroatoms. The van der Waals surface area contributed by atoms with Gasteiger partial charge in [-0.1, -0.05) is 13.5 Å². The maximum Gasteiger partial charge on any atom is 0.323 e. The average molecular weight is 554 g/mol. The van der Waals surface area contributed by atoms with Crippen molar-refractivity contribution in [3.63, 3.8) is 0 Å². The summed E-state index contributed by atoms with van der Waals surface area (Å²) in [5.74, 6) is -0.616. The Morgan fingerprint density at radius 2 is 2.11 bits per heavy atom. The van der Waals surface area contributed by atoms with Crippen LogP contribution in [0.4, 0.5) is 10.1 Å². The minimum absolute atomic E-state index is 0.308. The molecule has 4 N–H and O–H groups in total. The van der Waals surface area contributed by atoms with Gasteiger partial charge in [0.25, 0.3) is 13.4 Å². The van der Waals surface area contributed by atoms with Gasteiger partial charge in [0.05, 0.1) is 59.4 Å². The number of alkyl halides is 1. The van der Waals surface area contributed by atoms with Crippen molar-refractivity contribution in [2.45, 2.75) is 58.3 Å². The molecule has 1 amide bonds. The maximum absolute atomic E-state index is 15.9. The summed E-state index contributed by atoms with van der Waals surface area (Å²) in [4.78, 5) is 28.7. The number of amides is 1. The summed E-state index contributed by atoms with van der Waals surface area (Å²) in [5.41, 5.74) is 0.384. The van der Waals surface area contributed by atoms with E-state index in [2.05, 4.69) is 27.3 Å². The van der Waals surface area contributed by atoms with E-state index in [9.17, 15) is 19.3 Å². The second kappa shape index (κ2) is 10.4. The highest BCUT2D eigenvalue weighted by atomic mass is 31.2. The fraction of sp³-hybridized carbons (Fsp3) is 0.542. The molecule has 2 unspecified atom stereocenters. The number of hydrogen-bond acceptors (Lipinski definition) is 9. The summed E-state index contributed by atoms with van der Waals surface area (Å²) in [7, 11) is -3.54. The van der Waals surface area contributed by atoms with Crippen LogP contribution in [0, 0.1) is 5.41 Å². The highest BCUT2D eigenvalue weighted by molar-refractivity contribution is 7.56. The fourth-order valence-corrected chi connectivity index (χ4v) is 5.78. The number of aliphatic hydroxyl groups is 1. The summed E-state index contributed by atoms with van der Waals surface area (Å²) >= 11 is 0. The Morgan fingerprint density at radius 3 is 2.76 bits per heavy atom. The van der Waals surface area contributed by atoms with E-state index < -0.39 is 50.1 Å². The number of imidazole rings is 1. The number of carbonyl (C=O) groups is 2. The number of esters is 1. The van der Waals surface area contributed by atoms with Crippen LogP contribution >= 0.6 is 7.52 Å². The molecule has 0 radical (unpaired) electrons. The summed E-state index contributed by atoms with van der Waals surface area (Å²) in [6.45, 7) is 10.5. The van der Waals surface area contributed by atoms with Crippen molar-refractivity contribution in [2.24, 2.45) is 5.41 Å². The number of nitrogens with zero attached hydrogens (tertiary/aromatic N) is 2. The van der Waals surface area contributed by atoms with E-state index >= 15 is 4.39 Å². The molecule has 2 aliphatic heterocycles. The molecule has 38 heavy (non-hydrogen) atoms. The van der Waals surface area contributed by atoms with Crippen LogP contribution in [-0.2, 0) is 23.4 Å². The van der Waals surface area contributed by atoms with Crippen molar-refractivity contribution in [3.05, 3.63) is 36.4 Å². The van der Waals surface area contributed by atoms with Crippen molar-refractivity contribution in [3.8, 4) is 0 Å².